The minimum absolute atomic E-state index is 0.0920. The molecule has 0 aromatic heterocycles. The van der Waals surface area contributed by atoms with Gasteiger partial charge in [0.15, 0.2) is 6.29 Å². The summed E-state index contributed by atoms with van der Waals surface area (Å²) < 4.78 is 0. The van der Waals surface area contributed by atoms with Gasteiger partial charge < -0.3 is 20.4 Å². The number of aryl methyl sites for hydroxylation is 3. The van der Waals surface area contributed by atoms with Gasteiger partial charge in [-0.1, -0.05) is 17.7 Å². The molecular weight excluding hydrogens is 268 g/mol. The van der Waals surface area contributed by atoms with Crippen LogP contribution in [0.1, 0.15) is 34.1 Å². The molecule has 114 valence electrons. The number of aromatic hydroxyl groups is 2. The maximum atomic E-state index is 9.28. The van der Waals surface area contributed by atoms with E-state index in [1.54, 1.807) is 12.1 Å². The molecule has 2 aromatic carbocycles. The maximum absolute atomic E-state index is 9.28. The van der Waals surface area contributed by atoms with Gasteiger partial charge in [0.2, 0.25) is 0 Å². The molecule has 0 fully saturated rings. The average molecular weight is 290 g/mol. The highest BCUT2D eigenvalue weighted by atomic mass is 16.5. The van der Waals surface area contributed by atoms with Crippen molar-refractivity contribution in [1.82, 2.24) is 0 Å². The van der Waals surface area contributed by atoms with Crippen molar-refractivity contribution in [1.29, 1.82) is 0 Å². The summed E-state index contributed by atoms with van der Waals surface area (Å²) in [6.45, 7) is 7.71. The molecule has 0 atom stereocenters. The number of benzene rings is 2. The van der Waals surface area contributed by atoms with Crippen LogP contribution in [0.2, 0.25) is 0 Å². The Hall–Kier alpha value is -2.04. The summed E-state index contributed by atoms with van der Waals surface area (Å²) in [5, 5.41) is 35.8. The standard InChI is InChI=1S/C9H12O.C8H10O3/c1-6-4-7(2)8(3)9(10)5-6;1-5-2-3-7(9)6(4-5)8(10)11/h4-5,10H,1-3H3;2-4,8-11H,1H3. The van der Waals surface area contributed by atoms with Crippen LogP contribution in [0.15, 0.2) is 30.3 Å². The number of aliphatic hydroxyl groups excluding tert-OH is 1. The van der Waals surface area contributed by atoms with Gasteiger partial charge in [-0.15, -0.1) is 0 Å². The van der Waals surface area contributed by atoms with E-state index in [9.17, 15) is 5.11 Å². The first-order valence-electron chi connectivity index (χ1n) is 6.65. The minimum atomic E-state index is -1.60. The zero-order chi connectivity index (χ0) is 16.2. The van der Waals surface area contributed by atoms with E-state index in [4.69, 9.17) is 15.3 Å². The van der Waals surface area contributed by atoms with Crippen LogP contribution in [0.4, 0.5) is 0 Å². The van der Waals surface area contributed by atoms with Crippen LogP contribution in [0.25, 0.3) is 0 Å². The molecule has 0 bridgehead atoms. The molecule has 0 saturated carbocycles. The Balaban J connectivity index is 0.000000211. The Morgan fingerprint density at radius 1 is 0.762 bits per heavy atom. The Kier molecular flexibility index (Phi) is 5.76. The average Bonchev–Trinajstić information content (AvgIpc) is 2.39. The molecule has 0 saturated heterocycles. The molecule has 0 unspecified atom stereocenters. The maximum Gasteiger partial charge on any atom is 0.182 e. The summed E-state index contributed by atoms with van der Waals surface area (Å²) >= 11 is 0. The lowest BCUT2D eigenvalue weighted by molar-refractivity contribution is -0.0439. The molecule has 0 heterocycles. The van der Waals surface area contributed by atoms with Gasteiger partial charge in [0.05, 0.1) is 0 Å². The molecular formula is C17H22O4. The fraction of sp³-hybridized carbons (Fsp3) is 0.294. The predicted octanol–water partition coefficient (Wildman–Crippen LogP) is 3.00. The van der Waals surface area contributed by atoms with Crippen molar-refractivity contribution in [3.63, 3.8) is 0 Å². The normalized spacial score (nSPS) is 10.2. The number of hydrogen-bond donors (Lipinski definition) is 4. The van der Waals surface area contributed by atoms with Crippen molar-refractivity contribution in [2.75, 3.05) is 0 Å². The lowest BCUT2D eigenvalue weighted by Crippen LogP contribution is -1.95. The topological polar surface area (TPSA) is 80.9 Å². The SMILES string of the molecule is Cc1cc(C)c(C)c(O)c1.Cc1ccc(O)c(C(O)O)c1. The molecule has 2 rings (SSSR count). The number of aliphatic hydroxyl groups is 2. The predicted molar refractivity (Wildman–Crippen MR) is 82.3 cm³/mol. The molecule has 4 heteroatoms. The number of phenolic OH excluding ortho intramolecular Hbond substituents is 2. The Morgan fingerprint density at radius 2 is 1.38 bits per heavy atom. The second kappa shape index (κ2) is 7.11. The second-order valence-electron chi connectivity index (χ2n) is 5.16. The zero-order valence-electron chi connectivity index (χ0n) is 12.8. The van der Waals surface area contributed by atoms with E-state index in [-0.39, 0.29) is 11.3 Å². The van der Waals surface area contributed by atoms with Crippen molar-refractivity contribution in [3.05, 3.63) is 58.1 Å². The molecule has 0 spiro atoms. The zero-order valence-corrected chi connectivity index (χ0v) is 12.8. The third-order valence-electron chi connectivity index (χ3n) is 3.25. The van der Waals surface area contributed by atoms with Crippen LogP contribution in [0, 0.1) is 27.7 Å². The third kappa shape index (κ3) is 4.77. The first-order valence-corrected chi connectivity index (χ1v) is 6.65. The first-order chi connectivity index (χ1) is 9.72. The quantitative estimate of drug-likeness (QED) is 0.609. The van der Waals surface area contributed by atoms with E-state index in [1.165, 1.54) is 12.1 Å². The van der Waals surface area contributed by atoms with Gasteiger partial charge in [0, 0.05) is 5.56 Å². The van der Waals surface area contributed by atoms with E-state index in [0.29, 0.717) is 5.75 Å². The fourth-order valence-electron chi connectivity index (χ4n) is 1.90. The molecule has 21 heavy (non-hydrogen) atoms. The van der Waals surface area contributed by atoms with Gasteiger partial charge >= 0.3 is 0 Å². The summed E-state index contributed by atoms with van der Waals surface area (Å²) in [4.78, 5) is 0. The molecule has 0 aliphatic rings. The van der Waals surface area contributed by atoms with Crippen molar-refractivity contribution in [3.8, 4) is 11.5 Å². The van der Waals surface area contributed by atoms with Crippen molar-refractivity contribution >= 4 is 0 Å². The molecule has 0 aliphatic carbocycles. The van der Waals surface area contributed by atoms with Crippen LogP contribution >= 0.6 is 0 Å². The van der Waals surface area contributed by atoms with E-state index in [1.807, 2.05) is 27.7 Å². The van der Waals surface area contributed by atoms with Crippen molar-refractivity contribution < 1.29 is 20.4 Å². The van der Waals surface area contributed by atoms with Gasteiger partial charge in [-0.3, -0.25) is 0 Å². The molecule has 0 amide bonds. The number of hydrogen-bond acceptors (Lipinski definition) is 4. The van der Waals surface area contributed by atoms with Crippen molar-refractivity contribution in [2.24, 2.45) is 0 Å². The highest BCUT2D eigenvalue weighted by Gasteiger charge is 2.07. The number of rotatable bonds is 1. The van der Waals surface area contributed by atoms with E-state index < -0.39 is 6.29 Å². The monoisotopic (exact) mass is 290 g/mol. The second-order valence-corrected chi connectivity index (χ2v) is 5.16. The van der Waals surface area contributed by atoms with Gasteiger partial charge in [-0.05, 0) is 62.6 Å². The minimum Gasteiger partial charge on any atom is -0.508 e. The Labute approximate surface area is 124 Å². The number of phenols is 2. The van der Waals surface area contributed by atoms with Crippen LogP contribution in [0.3, 0.4) is 0 Å². The highest BCUT2D eigenvalue weighted by Crippen LogP contribution is 2.23. The van der Waals surface area contributed by atoms with Gasteiger partial charge in [0.1, 0.15) is 11.5 Å². The molecule has 0 aliphatic heterocycles. The fourth-order valence-corrected chi connectivity index (χ4v) is 1.90. The van der Waals surface area contributed by atoms with E-state index in [2.05, 4.69) is 6.07 Å². The summed E-state index contributed by atoms with van der Waals surface area (Å²) in [6, 6.07) is 8.50. The largest absolute Gasteiger partial charge is 0.508 e. The lowest BCUT2D eigenvalue weighted by atomic mass is 10.1. The van der Waals surface area contributed by atoms with Crippen LogP contribution in [-0.2, 0) is 0 Å². The van der Waals surface area contributed by atoms with Crippen LogP contribution < -0.4 is 0 Å². The Morgan fingerprint density at radius 3 is 1.86 bits per heavy atom. The first kappa shape index (κ1) is 17.0. The summed E-state index contributed by atoms with van der Waals surface area (Å²) in [5.41, 5.74) is 4.26. The van der Waals surface area contributed by atoms with Crippen LogP contribution in [-0.4, -0.2) is 20.4 Å². The van der Waals surface area contributed by atoms with Gasteiger partial charge in [-0.25, -0.2) is 0 Å². The molecule has 0 radical (unpaired) electrons. The van der Waals surface area contributed by atoms with Gasteiger partial charge in [-0.2, -0.15) is 0 Å². The lowest BCUT2D eigenvalue weighted by Gasteiger charge is -2.06. The smallest absolute Gasteiger partial charge is 0.182 e. The summed E-state index contributed by atoms with van der Waals surface area (Å²) in [7, 11) is 0. The Bertz CT molecular complexity index is 595. The molecule has 2 aromatic rings. The van der Waals surface area contributed by atoms with E-state index >= 15 is 0 Å². The summed E-state index contributed by atoms with van der Waals surface area (Å²) in [5.74, 6) is 0.308. The van der Waals surface area contributed by atoms with E-state index in [0.717, 1.165) is 22.3 Å². The third-order valence-corrected chi connectivity index (χ3v) is 3.25. The van der Waals surface area contributed by atoms with Crippen LogP contribution in [0.5, 0.6) is 11.5 Å². The molecule has 4 nitrogen and oxygen atoms in total. The van der Waals surface area contributed by atoms with Gasteiger partial charge in [0.25, 0.3) is 0 Å². The van der Waals surface area contributed by atoms with Crippen molar-refractivity contribution in [2.45, 2.75) is 34.0 Å². The highest BCUT2D eigenvalue weighted by molar-refractivity contribution is 5.40. The molecule has 4 N–H and O–H groups in total. The summed E-state index contributed by atoms with van der Waals surface area (Å²) in [6.07, 6.45) is -1.60.